The molecule has 0 radical (unpaired) electrons. The zero-order valence-electron chi connectivity index (χ0n) is 14.2. The first-order valence-electron chi connectivity index (χ1n) is 8.24. The van der Waals surface area contributed by atoms with Gasteiger partial charge in [-0.05, 0) is 52.2 Å². The van der Waals surface area contributed by atoms with E-state index >= 15 is 0 Å². The van der Waals surface area contributed by atoms with Gasteiger partial charge in [-0.1, -0.05) is 18.6 Å². The summed E-state index contributed by atoms with van der Waals surface area (Å²) in [6.07, 6.45) is 3.53. The molecule has 2 amide bonds. The highest BCUT2D eigenvalue weighted by Crippen LogP contribution is 2.25. The third-order valence-corrected chi connectivity index (χ3v) is 4.00. The minimum atomic E-state index is -0.329. The Hall–Kier alpha value is -1.88. The van der Waals surface area contributed by atoms with Crippen LogP contribution in [0.5, 0.6) is 0 Å². The zero-order chi connectivity index (χ0) is 17.0. The van der Waals surface area contributed by atoms with Gasteiger partial charge in [-0.15, -0.1) is 0 Å². The van der Waals surface area contributed by atoms with Crippen LogP contribution in [-0.2, 0) is 4.79 Å². The molecule has 0 spiro atoms. The largest absolute Gasteiger partial charge is 0.347 e. The van der Waals surface area contributed by atoms with E-state index in [1.54, 1.807) is 18.2 Å². The monoisotopic (exact) mass is 317 g/mol. The molecule has 5 heteroatoms. The maximum absolute atomic E-state index is 12.5. The van der Waals surface area contributed by atoms with Gasteiger partial charge in [-0.3, -0.25) is 9.59 Å². The lowest BCUT2D eigenvalue weighted by Crippen LogP contribution is -2.41. The Morgan fingerprint density at radius 2 is 1.87 bits per heavy atom. The summed E-state index contributed by atoms with van der Waals surface area (Å²) in [6.45, 7) is 5.78. The summed E-state index contributed by atoms with van der Waals surface area (Å²) in [6, 6.07) is 7.19. The highest BCUT2D eigenvalue weighted by molar-refractivity contribution is 6.04. The molecule has 23 heavy (non-hydrogen) atoms. The molecule has 1 fully saturated rings. The summed E-state index contributed by atoms with van der Waals surface area (Å²) in [4.78, 5) is 24.9. The van der Waals surface area contributed by atoms with Gasteiger partial charge < -0.3 is 16.4 Å². The Bertz CT molecular complexity index is 578. The Labute approximate surface area is 138 Å². The summed E-state index contributed by atoms with van der Waals surface area (Å²) >= 11 is 0. The molecule has 126 valence electrons. The lowest BCUT2D eigenvalue weighted by molar-refractivity contribution is -0.120. The van der Waals surface area contributed by atoms with Crippen LogP contribution in [0.1, 0.15) is 56.8 Å². The van der Waals surface area contributed by atoms with E-state index in [1.165, 1.54) is 0 Å². The van der Waals surface area contributed by atoms with Crippen molar-refractivity contribution in [3.05, 3.63) is 29.8 Å². The van der Waals surface area contributed by atoms with Crippen molar-refractivity contribution in [1.29, 1.82) is 0 Å². The molecular formula is C18H27N3O2. The molecule has 1 aromatic rings. The van der Waals surface area contributed by atoms with Crippen molar-refractivity contribution in [1.82, 2.24) is 5.32 Å². The van der Waals surface area contributed by atoms with Gasteiger partial charge in [-0.2, -0.15) is 0 Å². The molecular weight excluding hydrogens is 290 g/mol. The van der Waals surface area contributed by atoms with Gasteiger partial charge in [0.2, 0.25) is 5.91 Å². The molecule has 1 aliphatic rings. The first kappa shape index (κ1) is 17.5. The number of nitrogens with one attached hydrogen (secondary N) is 2. The van der Waals surface area contributed by atoms with Crippen LogP contribution in [0.3, 0.4) is 0 Å². The maximum Gasteiger partial charge on any atom is 0.253 e. The lowest BCUT2D eigenvalue weighted by Gasteiger charge is -2.26. The number of carbonyl (C=O) groups is 2. The summed E-state index contributed by atoms with van der Waals surface area (Å²) < 4.78 is 0. The number of nitrogens with two attached hydrogens (primary N) is 1. The maximum atomic E-state index is 12.5. The number of amides is 2. The standard InChI is InChI=1S/C18H27N3O2/c1-18(2,3)21-17(23)14-9-4-5-10-15(14)20-16(22)12-7-6-8-13(19)11-12/h4-5,9-10,12-13H,6-8,11,19H2,1-3H3,(H,20,22)(H,21,23). The third-order valence-electron chi connectivity index (χ3n) is 4.00. The molecule has 1 aliphatic carbocycles. The minimum absolute atomic E-state index is 0.0452. The SMILES string of the molecule is CC(C)(C)NC(=O)c1ccccc1NC(=O)C1CCCC(N)C1. The Morgan fingerprint density at radius 1 is 1.17 bits per heavy atom. The molecule has 1 aromatic carbocycles. The minimum Gasteiger partial charge on any atom is -0.347 e. The highest BCUT2D eigenvalue weighted by Gasteiger charge is 2.26. The van der Waals surface area contributed by atoms with Crippen molar-refractivity contribution >= 4 is 17.5 Å². The first-order chi connectivity index (χ1) is 10.8. The van der Waals surface area contributed by atoms with E-state index in [-0.39, 0.29) is 29.3 Å². The number of para-hydroxylation sites is 1. The number of carbonyl (C=O) groups excluding carboxylic acids is 2. The third kappa shape index (κ3) is 5.06. The van der Waals surface area contributed by atoms with Crippen LogP contribution in [0, 0.1) is 5.92 Å². The Balaban J connectivity index is 2.11. The number of hydrogen-bond acceptors (Lipinski definition) is 3. The quantitative estimate of drug-likeness (QED) is 0.801. The van der Waals surface area contributed by atoms with E-state index in [0.29, 0.717) is 17.7 Å². The predicted molar refractivity (Wildman–Crippen MR) is 92.2 cm³/mol. The van der Waals surface area contributed by atoms with Crippen molar-refractivity contribution < 1.29 is 9.59 Å². The van der Waals surface area contributed by atoms with Gasteiger partial charge in [-0.25, -0.2) is 0 Å². The van der Waals surface area contributed by atoms with Crippen LogP contribution in [0.2, 0.25) is 0 Å². The molecule has 0 saturated heterocycles. The fourth-order valence-corrected chi connectivity index (χ4v) is 2.90. The van der Waals surface area contributed by atoms with Gasteiger partial charge in [0, 0.05) is 17.5 Å². The van der Waals surface area contributed by atoms with E-state index in [9.17, 15) is 9.59 Å². The van der Waals surface area contributed by atoms with Crippen molar-refractivity contribution in [2.45, 2.75) is 58.0 Å². The topological polar surface area (TPSA) is 84.2 Å². The van der Waals surface area contributed by atoms with Gasteiger partial charge in [0.05, 0.1) is 11.3 Å². The molecule has 4 N–H and O–H groups in total. The normalized spacial score (nSPS) is 21.6. The van der Waals surface area contributed by atoms with E-state index in [4.69, 9.17) is 5.73 Å². The van der Waals surface area contributed by atoms with Crippen LogP contribution >= 0.6 is 0 Å². The van der Waals surface area contributed by atoms with Gasteiger partial charge in [0.1, 0.15) is 0 Å². The second-order valence-corrected chi connectivity index (χ2v) is 7.36. The highest BCUT2D eigenvalue weighted by atomic mass is 16.2. The average Bonchev–Trinajstić information content (AvgIpc) is 2.46. The molecule has 0 bridgehead atoms. The number of hydrogen-bond donors (Lipinski definition) is 3. The fourth-order valence-electron chi connectivity index (χ4n) is 2.90. The zero-order valence-corrected chi connectivity index (χ0v) is 14.2. The fraction of sp³-hybridized carbons (Fsp3) is 0.556. The molecule has 2 atom stereocenters. The van der Waals surface area contributed by atoms with Gasteiger partial charge in [0.25, 0.3) is 5.91 Å². The van der Waals surface area contributed by atoms with E-state index in [2.05, 4.69) is 10.6 Å². The molecule has 0 aromatic heterocycles. The Morgan fingerprint density at radius 3 is 2.52 bits per heavy atom. The second-order valence-electron chi connectivity index (χ2n) is 7.36. The van der Waals surface area contributed by atoms with Crippen LogP contribution in [0.25, 0.3) is 0 Å². The van der Waals surface area contributed by atoms with Crippen molar-refractivity contribution in [3.63, 3.8) is 0 Å². The number of anilines is 1. The molecule has 5 nitrogen and oxygen atoms in total. The first-order valence-corrected chi connectivity index (χ1v) is 8.24. The van der Waals surface area contributed by atoms with Crippen LogP contribution in [-0.4, -0.2) is 23.4 Å². The molecule has 0 heterocycles. The van der Waals surface area contributed by atoms with E-state index in [1.807, 2.05) is 26.8 Å². The molecule has 0 aliphatic heterocycles. The molecule has 2 rings (SSSR count). The van der Waals surface area contributed by atoms with Crippen LogP contribution in [0.15, 0.2) is 24.3 Å². The van der Waals surface area contributed by atoms with Crippen molar-refractivity contribution in [3.8, 4) is 0 Å². The predicted octanol–water partition coefficient (Wildman–Crippen LogP) is 2.67. The lowest BCUT2D eigenvalue weighted by atomic mass is 9.85. The summed E-state index contributed by atoms with van der Waals surface area (Å²) in [7, 11) is 0. The van der Waals surface area contributed by atoms with Crippen LogP contribution in [0.4, 0.5) is 5.69 Å². The van der Waals surface area contributed by atoms with Gasteiger partial charge >= 0.3 is 0 Å². The van der Waals surface area contributed by atoms with E-state index in [0.717, 1.165) is 19.3 Å². The smallest absolute Gasteiger partial charge is 0.253 e. The van der Waals surface area contributed by atoms with Gasteiger partial charge in [0.15, 0.2) is 0 Å². The second kappa shape index (κ2) is 7.13. The summed E-state index contributed by atoms with van der Waals surface area (Å²) in [5.41, 5.74) is 6.67. The van der Waals surface area contributed by atoms with Crippen molar-refractivity contribution in [2.75, 3.05) is 5.32 Å². The molecule has 1 saturated carbocycles. The Kier molecular flexibility index (Phi) is 5.42. The average molecular weight is 317 g/mol. The summed E-state index contributed by atoms with van der Waals surface area (Å²) in [5.74, 6) is -0.303. The summed E-state index contributed by atoms with van der Waals surface area (Å²) in [5, 5.41) is 5.84. The number of benzene rings is 1. The van der Waals surface area contributed by atoms with E-state index < -0.39 is 0 Å². The van der Waals surface area contributed by atoms with Crippen LogP contribution < -0.4 is 16.4 Å². The number of rotatable bonds is 3. The van der Waals surface area contributed by atoms with Crippen molar-refractivity contribution in [2.24, 2.45) is 11.7 Å². The molecule has 2 unspecified atom stereocenters.